The Morgan fingerprint density at radius 2 is 1.80 bits per heavy atom. The van der Waals surface area contributed by atoms with Crippen LogP contribution in [0, 0.1) is 0 Å². The topological polar surface area (TPSA) is 37.9 Å². The molecule has 0 aliphatic carbocycles. The summed E-state index contributed by atoms with van der Waals surface area (Å²) in [6.45, 7) is 0. The van der Waals surface area contributed by atoms with Gasteiger partial charge in [-0.05, 0) is 14.1 Å². The molecule has 0 radical (unpaired) electrons. The van der Waals surface area contributed by atoms with Crippen molar-refractivity contribution in [3.8, 4) is 0 Å². The summed E-state index contributed by atoms with van der Waals surface area (Å²) >= 11 is 0. The predicted molar refractivity (Wildman–Crippen MR) is 19.5 cm³/mol. The lowest BCUT2D eigenvalue weighted by Gasteiger charge is -2.07. The van der Waals surface area contributed by atoms with Gasteiger partial charge in [0.25, 0.3) is 0 Å². The van der Waals surface area contributed by atoms with Crippen LogP contribution in [0.4, 0.5) is 0 Å². The van der Waals surface area contributed by atoms with Crippen LogP contribution >= 0.6 is 0 Å². The summed E-state index contributed by atoms with van der Waals surface area (Å²) in [5.41, 5.74) is 7.69. The Kier molecular flexibility index (Phi) is 1.49. The number of hydrogen-bond donors (Lipinski definition) is 0. The summed E-state index contributed by atoms with van der Waals surface area (Å²) in [4.78, 5) is 0. The number of nitrogens with zero attached hydrogens (tertiary/aromatic N) is 3. The van der Waals surface area contributed by atoms with Gasteiger partial charge in [-0.3, -0.25) is 5.22 Å². The van der Waals surface area contributed by atoms with Crippen LogP contribution in [0.3, 0.4) is 0 Å². The first-order chi connectivity index (χ1) is 2.27. The maximum atomic E-state index is 7.69. The molecule has 0 aliphatic rings. The lowest BCUT2D eigenvalue weighted by atomic mass is 11.2. The fraction of sp³-hybridized carbons (Fsp3) is 1.00. The van der Waals surface area contributed by atoms with Gasteiger partial charge < -0.3 is 10.5 Å². The molecule has 0 atom stereocenters. The predicted octanol–water partition coefficient (Wildman–Crippen LogP) is 0.485. The molecule has 0 saturated carbocycles. The van der Waals surface area contributed by atoms with Crippen LogP contribution in [0.15, 0.2) is 5.22 Å². The molecule has 3 heteroatoms. The van der Waals surface area contributed by atoms with Gasteiger partial charge in [-0.25, -0.2) is 0 Å². The zero-order valence-electron chi connectivity index (χ0n) is 3.34. The van der Waals surface area contributed by atoms with Gasteiger partial charge in [0.2, 0.25) is 0 Å². The van der Waals surface area contributed by atoms with E-state index in [-0.39, 0.29) is 0 Å². The van der Waals surface area contributed by atoms with Gasteiger partial charge in [0, 0.05) is 0 Å². The molecule has 3 nitrogen and oxygen atoms in total. The molecule has 0 amide bonds. The van der Waals surface area contributed by atoms with Crippen LogP contribution in [0.1, 0.15) is 0 Å². The van der Waals surface area contributed by atoms with E-state index in [1.807, 2.05) is 0 Å². The standard InChI is InChI=1S/C2H6N3/c1-5(2)4-3/h1-2H3/q-1. The van der Waals surface area contributed by atoms with E-state index in [9.17, 15) is 0 Å². The van der Waals surface area contributed by atoms with Crippen molar-refractivity contribution in [2.75, 3.05) is 14.1 Å². The van der Waals surface area contributed by atoms with E-state index in [2.05, 4.69) is 5.22 Å². The third-order valence-corrected chi connectivity index (χ3v) is 0.179. The minimum atomic E-state index is 1.31. The average Bonchev–Trinajstić information content (AvgIpc) is 1.38. The highest BCUT2D eigenvalue weighted by Crippen LogP contribution is 1.66. The summed E-state index contributed by atoms with van der Waals surface area (Å²) in [7, 11) is 3.28. The van der Waals surface area contributed by atoms with E-state index < -0.39 is 0 Å². The molecule has 0 spiro atoms. The summed E-state index contributed by atoms with van der Waals surface area (Å²) in [6.07, 6.45) is 0. The molecular formula is C2H6N3-. The molecule has 0 N–H and O–H groups in total. The second-order valence-corrected chi connectivity index (χ2v) is 0.937. The van der Waals surface area contributed by atoms with Gasteiger partial charge >= 0.3 is 0 Å². The van der Waals surface area contributed by atoms with Crippen molar-refractivity contribution in [2.24, 2.45) is 5.22 Å². The summed E-state index contributed by atoms with van der Waals surface area (Å²) in [6, 6.07) is 0. The first-order valence-electron chi connectivity index (χ1n) is 1.29. The Labute approximate surface area is 31.1 Å². The second-order valence-electron chi connectivity index (χ2n) is 0.937. The minimum absolute atomic E-state index is 1.31. The third-order valence-electron chi connectivity index (χ3n) is 0.179. The highest BCUT2D eigenvalue weighted by Gasteiger charge is 1.52. The molecule has 30 valence electrons. The molecule has 0 bridgehead atoms. The van der Waals surface area contributed by atoms with E-state index in [1.54, 1.807) is 14.1 Å². The fourth-order valence-electron chi connectivity index (χ4n) is 0. The minimum Gasteiger partial charge on any atom is -0.407 e. The van der Waals surface area contributed by atoms with E-state index in [0.717, 1.165) is 0 Å². The number of rotatable bonds is 1. The van der Waals surface area contributed by atoms with Gasteiger partial charge in [-0.15, -0.1) is 0 Å². The highest BCUT2D eigenvalue weighted by molar-refractivity contribution is 4.16. The van der Waals surface area contributed by atoms with E-state index in [1.165, 1.54) is 5.01 Å². The maximum absolute atomic E-state index is 7.69. The van der Waals surface area contributed by atoms with Gasteiger partial charge in [0.15, 0.2) is 0 Å². The molecule has 5 heavy (non-hydrogen) atoms. The molecule has 0 aromatic heterocycles. The van der Waals surface area contributed by atoms with Crippen LogP contribution in [0.25, 0.3) is 5.53 Å². The molecule has 0 aromatic rings. The molecular weight excluding hydrogens is 66.0 g/mol. The molecule has 0 aliphatic heterocycles. The normalized spacial score (nSPS) is 6.80. The van der Waals surface area contributed by atoms with E-state index >= 15 is 0 Å². The van der Waals surface area contributed by atoms with Crippen molar-refractivity contribution < 1.29 is 0 Å². The second kappa shape index (κ2) is 1.69. The Bertz CT molecular complexity index is 31.9. The van der Waals surface area contributed by atoms with Gasteiger partial charge in [-0.1, -0.05) is 0 Å². The Morgan fingerprint density at radius 3 is 1.80 bits per heavy atom. The zero-order valence-corrected chi connectivity index (χ0v) is 3.34. The fourth-order valence-corrected chi connectivity index (χ4v) is 0. The van der Waals surface area contributed by atoms with Crippen molar-refractivity contribution in [3.63, 3.8) is 0 Å². The van der Waals surface area contributed by atoms with Crippen molar-refractivity contribution in [1.29, 1.82) is 0 Å². The molecule has 0 fully saturated rings. The SMILES string of the molecule is CN(C)N=[N-]. The molecule has 0 saturated heterocycles. The lowest BCUT2D eigenvalue weighted by Crippen LogP contribution is -1.97. The summed E-state index contributed by atoms with van der Waals surface area (Å²) in [5, 5.41) is 4.03. The van der Waals surface area contributed by atoms with Crippen LogP contribution in [0.5, 0.6) is 0 Å². The number of hydrogen-bond acceptors (Lipinski definition) is 1. The van der Waals surface area contributed by atoms with Crippen LogP contribution < -0.4 is 0 Å². The largest absolute Gasteiger partial charge is 0.407 e. The zero-order chi connectivity index (χ0) is 4.28. The van der Waals surface area contributed by atoms with Gasteiger partial charge in [0.05, 0.1) is 0 Å². The van der Waals surface area contributed by atoms with Crippen molar-refractivity contribution in [1.82, 2.24) is 5.01 Å². The van der Waals surface area contributed by atoms with E-state index in [0.29, 0.717) is 0 Å². The smallest absolute Gasteiger partial charge is 0.0471 e. The molecule has 0 aromatic carbocycles. The highest BCUT2D eigenvalue weighted by atomic mass is 15.5. The lowest BCUT2D eigenvalue weighted by molar-refractivity contribution is 0.431. The Balaban J connectivity index is 2.83. The Hall–Kier alpha value is -0.600. The van der Waals surface area contributed by atoms with Gasteiger partial charge in [-0.2, -0.15) is 0 Å². The van der Waals surface area contributed by atoms with Crippen molar-refractivity contribution >= 4 is 0 Å². The van der Waals surface area contributed by atoms with Crippen molar-refractivity contribution in [3.05, 3.63) is 5.53 Å². The van der Waals surface area contributed by atoms with Crippen LogP contribution in [0.2, 0.25) is 0 Å². The van der Waals surface area contributed by atoms with Crippen LogP contribution in [-0.4, -0.2) is 19.1 Å². The third kappa shape index (κ3) is 3.40. The molecule has 0 rings (SSSR count). The summed E-state index contributed by atoms with van der Waals surface area (Å²) < 4.78 is 0. The van der Waals surface area contributed by atoms with Crippen LogP contribution in [-0.2, 0) is 0 Å². The monoisotopic (exact) mass is 72.1 g/mol. The Morgan fingerprint density at radius 1 is 1.60 bits per heavy atom. The first kappa shape index (κ1) is 4.40. The maximum Gasteiger partial charge on any atom is -0.0471 e. The summed E-state index contributed by atoms with van der Waals surface area (Å²) in [5.74, 6) is 0. The molecule has 0 heterocycles. The van der Waals surface area contributed by atoms with E-state index in [4.69, 9.17) is 5.53 Å². The van der Waals surface area contributed by atoms with Crippen molar-refractivity contribution in [2.45, 2.75) is 0 Å². The quantitative estimate of drug-likeness (QED) is 0.328. The average molecular weight is 72.1 g/mol. The molecule has 0 unspecified atom stereocenters. The van der Waals surface area contributed by atoms with Gasteiger partial charge in [0.1, 0.15) is 0 Å². The first-order valence-corrected chi connectivity index (χ1v) is 1.29.